The molecule has 0 spiro atoms. The van der Waals surface area contributed by atoms with E-state index in [9.17, 15) is 4.79 Å². The topological polar surface area (TPSA) is 104 Å². The number of carbonyl (C=O) groups excluding carboxylic acids is 1. The fourth-order valence-electron chi connectivity index (χ4n) is 4.05. The Morgan fingerprint density at radius 3 is 2.67 bits per heavy atom. The molecular weight excluding hydrogens is 512 g/mol. The molecule has 39 heavy (non-hydrogen) atoms. The molecule has 0 aliphatic heterocycles. The fourth-order valence-corrected chi connectivity index (χ4v) is 4.80. The number of hydrogen-bond donors (Lipinski definition) is 1. The first kappa shape index (κ1) is 25.9. The molecule has 0 saturated heterocycles. The number of methoxy groups -OCH3 is 1. The van der Waals surface area contributed by atoms with Crippen molar-refractivity contribution in [3.63, 3.8) is 0 Å². The molecule has 196 valence electrons. The molecule has 2 heterocycles. The number of hydrazone groups is 1. The number of benzene rings is 3. The van der Waals surface area contributed by atoms with Crippen LogP contribution in [-0.2, 0) is 4.79 Å². The first-order valence-electron chi connectivity index (χ1n) is 12.3. The average molecular weight is 539 g/mol. The number of nitrogens with one attached hydrogen (secondary N) is 1. The molecule has 2 aromatic heterocycles. The Labute approximate surface area is 229 Å². The van der Waals surface area contributed by atoms with E-state index in [4.69, 9.17) is 9.47 Å². The predicted octanol–water partition coefficient (Wildman–Crippen LogP) is 5.13. The van der Waals surface area contributed by atoms with E-state index >= 15 is 0 Å². The molecule has 5 aromatic rings. The van der Waals surface area contributed by atoms with E-state index in [0.29, 0.717) is 23.3 Å². The van der Waals surface area contributed by atoms with Crippen LogP contribution in [0.1, 0.15) is 12.5 Å². The van der Waals surface area contributed by atoms with Crippen LogP contribution in [0.15, 0.2) is 95.4 Å². The summed E-state index contributed by atoms with van der Waals surface area (Å²) in [5, 5.41) is 15.6. The minimum atomic E-state index is -0.278. The largest absolute Gasteiger partial charge is 0.496 e. The maximum Gasteiger partial charge on any atom is 0.250 e. The van der Waals surface area contributed by atoms with Crippen LogP contribution in [0.4, 0.5) is 0 Å². The normalized spacial score (nSPS) is 11.1. The van der Waals surface area contributed by atoms with E-state index in [-0.39, 0.29) is 11.7 Å². The van der Waals surface area contributed by atoms with E-state index in [1.807, 2.05) is 84.3 Å². The monoisotopic (exact) mass is 538 g/mol. The van der Waals surface area contributed by atoms with Crippen LogP contribution in [0.25, 0.3) is 27.8 Å². The molecule has 0 radical (unpaired) electrons. The van der Waals surface area contributed by atoms with E-state index in [1.54, 1.807) is 25.7 Å². The molecular formula is C29H26N6O3S. The highest BCUT2D eigenvalue weighted by Crippen LogP contribution is 2.29. The van der Waals surface area contributed by atoms with Crippen LogP contribution in [0.2, 0.25) is 0 Å². The van der Waals surface area contributed by atoms with Crippen LogP contribution in [0, 0.1) is 0 Å². The molecule has 10 heteroatoms. The number of carbonyl (C=O) groups is 1. The number of nitrogens with zero attached hydrogens (tertiary/aromatic N) is 5. The quantitative estimate of drug-likeness (QED) is 0.149. The van der Waals surface area contributed by atoms with Crippen molar-refractivity contribution in [2.45, 2.75) is 12.1 Å². The van der Waals surface area contributed by atoms with Crippen LogP contribution < -0.4 is 14.9 Å². The molecule has 0 aliphatic carbocycles. The summed E-state index contributed by atoms with van der Waals surface area (Å²) >= 11 is 1.26. The third-order valence-electron chi connectivity index (χ3n) is 5.82. The van der Waals surface area contributed by atoms with Crippen molar-refractivity contribution in [3.8, 4) is 28.6 Å². The average Bonchev–Trinajstić information content (AvgIpc) is 3.41. The summed E-state index contributed by atoms with van der Waals surface area (Å²) in [7, 11) is 1.61. The van der Waals surface area contributed by atoms with Gasteiger partial charge in [0.25, 0.3) is 5.91 Å². The lowest BCUT2D eigenvalue weighted by Gasteiger charge is -2.11. The zero-order valence-corrected chi connectivity index (χ0v) is 22.3. The Hall–Kier alpha value is -4.70. The minimum Gasteiger partial charge on any atom is -0.496 e. The summed E-state index contributed by atoms with van der Waals surface area (Å²) in [4.78, 5) is 16.9. The molecule has 0 atom stereocenters. The Morgan fingerprint density at radius 1 is 1.05 bits per heavy atom. The molecule has 5 rings (SSSR count). The molecule has 0 saturated carbocycles. The van der Waals surface area contributed by atoms with Gasteiger partial charge in [0, 0.05) is 29.2 Å². The van der Waals surface area contributed by atoms with Gasteiger partial charge in [0.05, 0.1) is 25.7 Å². The molecule has 1 N–H and O–H groups in total. The van der Waals surface area contributed by atoms with E-state index in [2.05, 4.69) is 25.7 Å². The van der Waals surface area contributed by atoms with E-state index < -0.39 is 0 Å². The van der Waals surface area contributed by atoms with Crippen molar-refractivity contribution in [3.05, 3.63) is 90.8 Å². The Bertz CT molecular complexity index is 1600. The summed E-state index contributed by atoms with van der Waals surface area (Å²) in [6.07, 6.45) is 5.04. The number of amides is 1. The minimum absolute atomic E-state index is 0.0895. The van der Waals surface area contributed by atoms with E-state index in [0.717, 1.165) is 33.3 Å². The number of rotatable bonds is 10. The zero-order valence-electron chi connectivity index (χ0n) is 21.4. The SMILES string of the molecule is CCOc1ccc(-n2c(SCC(=O)N/N=C/c3c(OC)ccc4ccccc34)nnc2-c2cccnc2)cc1. The highest BCUT2D eigenvalue weighted by molar-refractivity contribution is 7.99. The maximum atomic E-state index is 12.7. The van der Waals surface area contributed by atoms with E-state index in [1.165, 1.54) is 11.8 Å². The third kappa shape index (κ3) is 5.91. The molecule has 3 aromatic carbocycles. The lowest BCUT2D eigenvalue weighted by molar-refractivity contribution is -0.118. The van der Waals surface area contributed by atoms with Gasteiger partial charge in [-0.1, -0.05) is 42.1 Å². The number of thioether (sulfide) groups is 1. The lowest BCUT2D eigenvalue weighted by Crippen LogP contribution is -2.20. The number of fused-ring (bicyclic) bond motifs is 1. The van der Waals surface area contributed by atoms with Crippen LogP contribution in [0.3, 0.4) is 0 Å². The summed E-state index contributed by atoms with van der Waals surface area (Å²) in [6, 6.07) is 23.2. The highest BCUT2D eigenvalue weighted by atomic mass is 32.2. The van der Waals surface area contributed by atoms with Crippen molar-refractivity contribution < 1.29 is 14.3 Å². The molecule has 0 bridgehead atoms. The van der Waals surface area contributed by atoms with Crippen molar-refractivity contribution in [1.82, 2.24) is 25.2 Å². The van der Waals surface area contributed by atoms with Crippen LogP contribution >= 0.6 is 11.8 Å². The summed E-state index contributed by atoms with van der Waals surface area (Å²) in [6.45, 7) is 2.52. The van der Waals surface area contributed by atoms with Crippen LogP contribution in [0.5, 0.6) is 11.5 Å². The molecule has 0 aliphatic rings. The number of pyridine rings is 1. The second-order valence-electron chi connectivity index (χ2n) is 8.29. The van der Waals surface area contributed by atoms with Gasteiger partial charge in [-0.2, -0.15) is 5.10 Å². The smallest absolute Gasteiger partial charge is 0.250 e. The maximum absolute atomic E-state index is 12.7. The standard InChI is InChI=1S/C29H26N6O3S/c1-3-38-23-13-11-22(12-14-23)35-28(21-8-6-16-30-17-21)33-34-29(35)39-19-27(36)32-31-18-25-24-9-5-4-7-20(24)10-15-26(25)37-2/h4-18H,3,19H2,1-2H3,(H,32,36)/b31-18+. The Kier molecular flexibility index (Phi) is 8.13. The summed E-state index contributed by atoms with van der Waals surface area (Å²) in [5.74, 6) is 1.88. The summed E-state index contributed by atoms with van der Waals surface area (Å²) < 4.78 is 13.0. The number of ether oxygens (including phenoxy) is 2. The summed E-state index contributed by atoms with van der Waals surface area (Å²) in [5.41, 5.74) is 5.05. The first-order chi connectivity index (χ1) is 19.2. The van der Waals surface area contributed by atoms with Gasteiger partial charge < -0.3 is 9.47 Å². The zero-order chi connectivity index (χ0) is 27.0. The van der Waals surface area contributed by atoms with Gasteiger partial charge in [-0.05, 0) is 60.2 Å². The van der Waals surface area contributed by atoms with Crippen molar-refractivity contribution in [2.24, 2.45) is 5.10 Å². The van der Waals surface area contributed by atoms with Gasteiger partial charge in [0.15, 0.2) is 11.0 Å². The van der Waals surface area contributed by atoms with Crippen molar-refractivity contribution >= 4 is 34.7 Å². The number of hydrogen-bond acceptors (Lipinski definition) is 8. The van der Waals surface area contributed by atoms with Gasteiger partial charge in [-0.25, -0.2) is 5.43 Å². The second kappa shape index (κ2) is 12.2. The van der Waals surface area contributed by atoms with Crippen LogP contribution in [-0.4, -0.2) is 51.3 Å². The molecule has 1 amide bonds. The second-order valence-corrected chi connectivity index (χ2v) is 9.24. The number of aromatic nitrogens is 4. The molecule has 0 unspecified atom stereocenters. The third-order valence-corrected chi connectivity index (χ3v) is 6.75. The fraction of sp³-hybridized carbons (Fsp3) is 0.138. The Balaban J connectivity index is 1.34. The van der Waals surface area contributed by atoms with Crippen molar-refractivity contribution in [2.75, 3.05) is 19.5 Å². The lowest BCUT2D eigenvalue weighted by atomic mass is 10.0. The van der Waals surface area contributed by atoms with Gasteiger partial charge >= 0.3 is 0 Å². The Morgan fingerprint density at radius 2 is 1.90 bits per heavy atom. The highest BCUT2D eigenvalue weighted by Gasteiger charge is 2.17. The first-order valence-corrected chi connectivity index (χ1v) is 13.3. The van der Waals surface area contributed by atoms with Crippen molar-refractivity contribution in [1.29, 1.82) is 0 Å². The molecule has 9 nitrogen and oxygen atoms in total. The van der Waals surface area contributed by atoms with Gasteiger partial charge in [-0.15, -0.1) is 10.2 Å². The predicted molar refractivity (Wildman–Crippen MR) is 153 cm³/mol. The molecule has 0 fully saturated rings. The van der Waals surface area contributed by atoms with Gasteiger partial charge in [0.2, 0.25) is 0 Å². The van der Waals surface area contributed by atoms with Gasteiger partial charge in [0.1, 0.15) is 11.5 Å². The van der Waals surface area contributed by atoms with Gasteiger partial charge in [-0.3, -0.25) is 14.3 Å².